The highest BCUT2D eigenvalue weighted by molar-refractivity contribution is 5.87. The molecule has 0 saturated heterocycles. The van der Waals surface area contributed by atoms with Gasteiger partial charge in [-0.15, -0.1) is 0 Å². The van der Waals surface area contributed by atoms with Gasteiger partial charge in [0.05, 0.1) is 33.0 Å². The predicted octanol–water partition coefficient (Wildman–Crippen LogP) is 11.0. The average Bonchev–Trinajstić information content (AvgIpc) is 3.23. The molecule has 0 amide bonds. The van der Waals surface area contributed by atoms with Gasteiger partial charge in [-0.1, -0.05) is 89.9 Å². The third kappa shape index (κ3) is 13.1. The Morgan fingerprint density at radius 3 is 1.84 bits per heavy atom. The van der Waals surface area contributed by atoms with E-state index in [1.807, 2.05) is 18.2 Å². The van der Waals surface area contributed by atoms with E-state index in [1.165, 1.54) is 38.5 Å². The van der Waals surface area contributed by atoms with Gasteiger partial charge in [0.15, 0.2) is 0 Å². The molecule has 316 valence electrons. The SMILES string of the molecule is C=C(C)C(=O)OCCCc1cc(-c2ccc(-c3ccc(C4CCC(CCCCC)CC4)cc3F)c(CC)c2)cc(CCCOC(=O)C(=C)C)c1OCC(C)(CO)CO. The van der Waals surface area contributed by atoms with E-state index in [1.54, 1.807) is 26.8 Å². The maximum absolute atomic E-state index is 16.0. The molecule has 0 aliphatic heterocycles. The number of benzene rings is 3. The van der Waals surface area contributed by atoms with Gasteiger partial charge in [-0.25, -0.2) is 14.0 Å². The van der Waals surface area contributed by atoms with E-state index in [4.69, 9.17) is 14.2 Å². The van der Waals surface area contributed by atoms with E-state index in [0.717, 1.165) is 57.7 Å². The summed E-state index contributed by atoms with van der Waals surface area (Å²) in [6.45, 7) is 16.5. The Labute approximate surface area is 346 Å². The second-order valence-electron chi connectivity index (χ2n) is 16.8. The minimum Gasteiger partial charge on any atom is -0.492 e. The summed E-state index contributed by atoms with van der Waals surface area (Å²) in [5, 5.41) is 20.1. The lowest BCUT2D eigenvalue weighted by Gasteiger charge is -2.29. The van der Waals surface area contributed by atoms with Gasteiger partial charge in [0, 0.05) is 22.1 Å². The molecular weight excluding hydrogens is 732 g/mol. The van der Waals surface area contributed by atoms with Gasteiger partial charge >= 0.3 is 11.9 Å². The molecule has 3 aromatic rings. The van der Waals surface area contributed by atoms with Crippen LogP contribution in [0.2, 0.25) is 0 Å². The van der Waals surface area contributed by atoms with Crippen molar-refractivity contribution in [2.24, 2.45) is 11.3 Å². The van der Waals surface area contributed by atoms with Crippen LogP contribution in [-0.4, -0.2) is 55.2 Å². The van der Waals surface area contributed by atoms with E-state index >= 15 is 4.39 Å². The molecule has 1 aliphatic rings. The fourth-order valence-electron chi connectivity index (χ4n) is 7.77. The number of ether oxygens (including phenoxy) is 3. The van der Waals surface area contributed by atoms with Gasteiger partial charge in [-0.2, -0.15) is 0 Å². The van der Waals surface area contributed by atoms with Crippen LogP contribution in [0.4, 0.5) is 4.39 Å². The molecule has 0 bridgehead atoms. The zero-order valence-corrected chi connectivity index (χ0v) is 35.7. The highest BCUT2D eigenvalue weighted by Crippen LogP contribution is 2.40. The summed E-state index contributed by atoms with van der Waals surface area (Å²) in [5.74, 6) is 0.749. The average molecular weight is 799 g/mol. The van der Waals surface area contributed by atoms with E-state index in [0.29, 0.717) is 60.5 Å². The van der Waals surface area contributed by atoms with Crippen LogP contribution in [0.3, 0.4) is 0 Å². The summed E-state index contributed by atoms with van der Waals surface area (Å²) in [4.78, 5) is 24.2. The van der Waals surface area contributed by atoms with Gasteiger partial charge < -0.3 is 24.4 Å². The molecule has 7 nitrogen and oxygen atoms in total. The molecule has 2 N–H and O–H groups in total. The van der Waals surface area contributed by atoms with E-state index < -0.39 is 17.4 Å². The third-order valence-electron chi connectivity index (χ3n) is 11.6. The van der Waals surface area contributed by atoms with Crippen LogP contribution in [0, 0.1) is 17.2 Å². The molecule has 0 atom stereocenters. The smallest absolute Gasteiger partial charge is 0.333 e. The molecule has 0 aromatic heterocycles. The molecule has 0 heterocycles. The number of halogens is 1. The zero-order valence-electron chi connectivity index (χ0n) is 35.7. The van der Waals surface area contributed by atoms with Crippen LogP contribution in [0.15, 0.2) is 72.8 Å². The first-order valence-electron chi connectivity index (χ1n) is 21.4. The highest BCUT2D eigenvalue weighted by Gasteiger charge is 2.26. The largest absolute Gasteiger partial charge is 0.492 e. The Bertz CT molecular complexity index is 1800. The normalized spacial score (nSPS) is 15.5. The Kier molecular flexibility index (Phi) is 18.2. The van der Waals surface area contributed by atoms with Crippen molar-refractivity contribution in [3.8, 4) is 28.0 Å². The van der Waals surface area contributed by atoms with Gasteiger partial charge in [0.1, 0.15) is 11.6 Å². The quantitative estimate of drug-likeness (QED) is 0.0559. The van der Waals surface area contributed by atoms with Crippen LogP contribution in [-0.2, 0) is 38.3 Å². The number of aryl methyl sites for hydroxylation is 3. The Morgan fingerprint density at radius 1 is 0.759 bits per heavy atom. The third-order valence-corrected chi connectivity index (χ3v) is 11.6. The van der Waals surface area contributed by atoms with Gasteiger partial charge in [-0.05, 0) is 141 Å². The second kappa shape index (κ2) is 22.8. The van der Waals surface area contributed by atoms with Gasteiger partial charge in [-0.3, -0.25) is 0 Å². The van der Waals surface area contributed by atoms with Gasteiger partial charge in [0.2, 0.25) is 0 Å². The zero-order chi connectivity index (χ0) is 42.2. The van der Waals surface area contributed by atoms with Crippen molar-refractivity contribution in [1.29, 1.82) is 0 Å². The van der Waals surface area contributed by atoms with Crippen molar-refractivity contribution in [3.05, 3.63) is 101 Å². The summed E-state index contributed by atoms with van der Waals surface area (Å²) in [7, 11) is 0. The highest BCUT2D eigenvalue weighted by atomic mass is 19.1. The first kappa shape index (κ1) is 46.4. The molecule has 3 aromatic carbocycles. The fraction of sp³-hybridized carbons (Fsp3) is 0.520. The molecule has 1 aliphatic carbocycles. The molecule has 58 heavy (non-hydrogen) atoms. The fourth-order valence-corrected chi connectivity index (χ4v) is 7.77. The lowest BCUT2D eigenvalue weighted by Crippen LogP contribution is -2.33. The predicted molar refractivity (Wildman–Crippen MR) is 231 cm³/mol. The molecule has 4 rings (SSSR count). The van der Waals surface area contributed by atoms with Gasteiger partial charge in [0.25, 0.3) is 0 Å². The Balaban J connectivity index is 1.66. The number of aliphatic hydroxyl groups is 2. The molecule has 0 spiro atoms. The van der Waals surface area contributed by atoms with E-state index in [-0.39, 0.29) is 38.9 Å². The number of hydrogen-bond donors (Lipinski definition) is 2. The lowest BCUT2D eigenvalue weighted by molar-refractivity contribution is -0.139. The molecule has 0 radical (unpaired) electrons. The molecule has 0 unspecified atom stereocenters. The minimum absolute atomic E-state index is 0.0635. The maximum Gasteiger partial charge on any atom is 0.333 e. The summed E-state index contributed by atoms with van der Waals surface area (Å²) in [6.07, 6.45) is 12.7. The number of carbonyl (C=O) groups excluding carboxylic acids is 2. The molecule has 1 saturated carbocycles. The monoisotopic (exact) mass is 798 g/mol. The summed E-state index contributed by atoms with van der Waals surface area (Å²) in [5.41, 5.74) is 7.02. The Hall–Kier alpha value is -4.27. The maximum atomic E-state index is 16.0. The van der Waals surface area contributed by atoms with Crippen LogP contribution in [0.1, 0.15) is 127 Å². The van der Waals surface area contributed by atoms with Crippen LogP contribution in [0.5, 0.6) is 5.75 Å². The van der Waals surface area contributed by atoms with Crippen molar-refractivity contribution in [2.75, 3.05) is 33.0 Å². The van der Waals surface area contributed by atoms with E-state index in [2.05, 4.69) is 51.3 Å². The number of esters is 2. The number of hydrogen-bond acceptors (Lipinski definition) is 7. The number of unbranched alkanes of at least 4 members (excludes halogenated alkanes) is 2. The van der Waals surface area contributed by atoms with Crippen molar-refractivity contribution in [2.45, 2.75) is 124 Å². The first-order chi connectivity index (χ1) is 27.8. The topological polar surface area (TPSA) is 102 Å². The van der Waals surface area contributed by atoms with Crippen molar-refractivity contribution in [1.82, 2.24) is 0 Å². The lowest BCUT2D eigenvalue weighted by atomic mass is 9.77. The molecule has 8 heteroatoms. The standard InChI is InChI=1S/C50H67FO7/c1-8-10-11-14-36-17-19-38(20-18-36)40-22-24-45(46(51)30-40)44-23-21-39(27-37(44)9-2)43-28-41(15-12-25-56-48(54)34(3)4)47(58-33-50(7,31-52)32-53)42(29-43)16-13-26-57-49(55)35(5)6/h21-24,27-30,36,38,52-53H,3,5,8-20,25-26,31-33H2,1-2,4,6-7H3. The summed E-state index contributed by atoms with van der Waals surface area (Å²) in [6, 6.07) is 16.2. The van der Waals surface area contributed by atoms with Crippen LogP contribution >= 0.6 is 0 Å². The summed E-state index contributed by atoms with van der Waals surface area (Å²) >= 11 is 0. The van der Waals surface area contributed by atoms with Crippen LogP contribution in [0.25, 0.3) is 22.3 Å². The summed E-state index contributed by atoms with van der Waals surface area (Å²) < 4.78 is 33.3. The van der Waals surface area contributed by atoms with Crippen molar-refractivity contribution in [3.63, 3.8) is 0 Å². The first-order valence-corrected chi connectivity index (χ1v) is 21.4. The van der Waals surface area contributed by atoms with Crippen molar-refractivity contribution >= 4 is 11.9 Å². The van der Waals surface area contributed by atoms with Crippen molar-refractivity contribution < 1.29 is 38.4 Å². The Morgan fingerprint density at radius 2 is 1.33 bits per heavy atom. The second-order valence-corrected chi connectivity index (χ2v) is 16.8. The molecule has 1 fully saturated rings. The molecular formula is C50H67FO7. The van der Waals surface area contributed by atoms with Crippen LogP contribution < -0.4 is 4.74 Å². The number of aliphatic hydroxyl groups excluding tert-OH is 2. The number of carbonyl (C=O) groups is 2. The van der Waals surface area contributed by atoms with E-state index in [9.17, 15) is 19.8 Å². The minimum atomic E-state index is -0.881. The number of rotatable bonds is 23.